The van der Waals surface area contributed by atoms with Crippen LogP contribution in [-0.2, 0) is 0 Å². The highest BCUT2D eigenvalue weighted by Crippen LogP contribution is 2.11. The lowest BCUT2D eigenvalue weighted by atomic mass is 10.1. The molecule has 0 saturated carbocycles. The second-order valence-corrected chi connectivity index (χ2v) is 7.82. The largest absolute Gasteiger partial charge is 0.302 e. The van der Waals surface area contributed by atoms with E-state index in [1.165, 1.54) is 84.2 Å². The maximum Gasteiger partial charge on any atom is 0.0109 e. The fourth-order valence-electron chi connectivity index (χ4n) is 3.13. The fourth-order valence-corrected chi connectivity index (χ4v) is 3.13. The summed E-state index contributed by atoms with van der Waals surface area (Å²) in [6, 6.07) is 0. The van der Waals surface area contributed by atoms with Gasteiger partial charge in [-0.15, -0.1) is 0 Å². The van der Waals surface area contributed by atoms with Gasteiger partial charge in [-0.1, -0.05) is 47.0 Å². The van der Waals surface area contributed by atoms with Crippen molar-refractivity contribution in [1.29, 1.82) is 0 Å². The first-order chi connectivity index (χ1) is 10.1. The van der Waals surface area contributed by atoms with Gasteiger partial charge in [-0.05, 0) is 63.7 Å². The van der Waals surface area contributed by atoms with E-state index in [0.717, 1.165) is 11.8 Å². The van der Waals surface area contributed by atoms with Crippen LogP contribution < -0.4 is 0 Å². The third kappa shape index (κ3) is 10.3. The van der Waals surface area contributed by atoms with E-state index >= 15 is 0 Å². The zero-order chi connectivity index (χ0) is 15.5. The Hall–Kier alpha value is -0.0800. The van der Waals surface area contributed by atoms with E-state index in [4.69, 9.17) is 0 Å². The fraction of sp³-hybridized carbons (Fsp3) is 1.00. The van der Waals surface area contributed by atoms with Crippen molar-refractivity contribution < 1.29 is 0 Å². The molecule has 0 amide bonds. The van der Waals surface area contributed by atoms with E-state index in [2.05, 4.69) is 37.5 Å². The summed E-state index contributed by atoms with van der Waals surface area (Å²) in [6.07, 6.45) is 9.81. The first-order valence-electron chi connectivity index (χ1n) is 9.52. The van der Waals surface area contributed by atoms with Crippen molar-refractivity contribution >= 4 is 0 Å². The van der Waals surface area contributed by atoms with Crippen LogP contribution in [-0.4, -0.2) is 49.1 Å². The van der Waals surface area contributed by atoms with E-state index in [1.807, 2.05) is 0 Å². The molecule has 0 atom stereocenters. The lowest BCUT2D eigenvalue weighted by molar-refractivity contribution is 0.175. The quantitative estimate of drug-likeness (QED) is 0.512. The summed E-state index contributed by atoms with van der Waals surface area (Å²) in [7, 11) is 0. The first-order valence-corrected chi connectivity index (χ1v) is 9.52. The molecule has 0 spiro atoms. The number of likely N-dealkylation sites (tertiary alicyclic amines) is 1. The smallest absolute Gasteiger partial charge is 0.0109 e. The minimum absolute atomic E-state index is 0.832. The van der Waals surface area contributed by atoms with Gasteiger partial charge < -0.3 is 9.80 Å². The zero-order valence-corrected chi connectivity index (χ0v) is 15.2. The predicted molar refractivity (Wildman–Crippen MR) is 94.9 cm³/mol. The topological polar surface area (TPSA) is 6.48 Å². The van der Waals surface area contributed by atoms with Gasteiger partial charge in [0.25, 0.3) is 0 Å². The lowest BCUT2D eigenvalue weighted by Gasteiger charge is -2.30. The Kier molecular flexibility index (Phi) is 10.4. The Labute approximate surface area is 134 Å². The van der Waals surface area contributed by atoms with Crippen molar-refractivity contribution in [3.05, 3.63) is 0 Å². The summed E-state index contributed by atoms with van der Waals surface area (Å²) in [6.45, 7) is 17.2. The third-order valence-corrected chi connectivity index (χ3v) is 4.71. The Morgan fingerprint density at radius 1 is 0.762 bits per heavy atom. The summed E-state index contributed by atoms with van der Waals surface area (Å²) < 4.78 is 0. The molecule has 1 heterocycles. The molecule has 126 valence electrons. The Morgan fingerprint density at radius 2 is 1.43 bits per heavy atom. The number of hydrogen-bond donors (Lipinski definition) is 0. The molecule has 2 nitrogen and oxygen atoms in total. The van der Waals surface area contributed by atoms with Gasteiger partial charge in [0.2, 0.25) is 0 Å². The second-order valence-electron chi connectivity index (χ2n) is 7.82. The summed E-state index contributed by atoms with van der Waals surface area (Å²) in [5, 5.41) is 0. The molecule has 0 aromatic carbocycles. The number of hydrogen-bond acceptors (Lipinski definition) is 2. The van der Waals surface area contributed by atoms with Crippen molar-refractivity contribution in [1.82, 2.24) is 9.80 Å². The van der Waals surface area contributed by atoms with Gasteiger partial charge in [0.05, 0.1) is 0 Å². The van der Waals surface area contributed by atoms with Crippen LogP contribution in [0.5, 0.6) is 0 Å². The van der Waals surface area contributed by atoms with Crippen LogP contribution in [0.2, 0.25) is 0 Å². The first kappa shape index (κ1) is 19.0. The van der Waals surface area contributed by atoms with Crippen LogP contribution in [0.3, 0.4) is 0 Å². The molecule has 2 heteroatoms. The van der Waals surface area contributed by atoms with Crippen LogP contribution in [0, 0.1) is 11.8 Å². The van der Waals surface area contributed by atoms with Gasteiger partial charge in [0, 0.05) is 13.1 Å². The second kappa shape index (κ2) is 11.5. The molecule has 0 radical (unpaired) electrons. The molecule has 0 aromatic rings. The molecule has 1 rings (SSSR count). The van der Waals surface area contributed by atoms with Crippen LogP contribution in [0.1, 0.15) is 72.6 Å². The molecule has 21 heavy (non-hydrogen) atoms. The Morgan fingerprint density at radius 3 is 2.05 bits per heavy atom. The molecule has 1 aliphatic rings. The highest BCUT2D eigenvalue weighted by Gasteiger charge is 2.12. The number of rotatable bonds is 11. The third-order valence-electron chi connectivity index (χ3n) is 4.71. The van der Waals surface area contributed by atoms with Crippen LogP contribution >= 0.6 is 0 Å². The molecule has 0 aromatic heterocycles. The van der Waals surface area contributed by atoms with Crippen molar-refractivity contribution in [2.75, 3.05) is 39.3 Å². The monoisotopic (exact) mass is 296 g/mol. The highest BCUT2D eigenvalue weighted by molar-refractivity contribution is 4.68. The summed E-state index contributed by atoms with van der Waals surface area (Å²) in [5.41, 5.74) is 0. The van der Waals surface area contributed by atoms with Crippen molar-refractivity contribution in [2.24, 2.45) is 11.8 Å². The zero-order valence-electron chi connectivity index (χ0n) is 15.2. The number of unbranched alkanes of at least 4 members (excludes halogenated alkanes) is 1. The normalized spacial score (nSPS) is 17.3. The van der Waals surface area contributed by atoms with E-state index in [1.54, 1.807) is 0 Å². The van der Waals surface area contributed by atoms with Gasteiger partial charge in [-0.25, -0.2) is 0 Å². The summed E-state index contributed by atoms with van der Waals surface area (Å²) in [5.74, 6) is 1.70. The van der Waals surface area contributed by atoms with E-state index in [-0.39, 0.29) is 0 Å². The molecule has 1 fully saturated rings. The summed E-state index contributed by atoms with van der Waals surface area (Å²) >= 11 is 0. The Bertz CT molecular complexity index is 232. The highest BCUT2D eigenvalue weighted by atomic mass is 15.2. The molecule has 0 aliphatic carbocycles. The predicted octanol–water partition coefficient (Wildman–Crippen LogP) is 4.65. The van der Waals surface area contributed by atoms with Gasteiger partial charge in [-0.2, -0.15) is 0 Å². The molecule has 1 aliphatic heterocycles. The minimum atomic E-state index is 0.832. The molecular formula is C19H40N2. The van der Waals surface area contributed by atoms with E-state index < -0.39 is 0 Å². The van der Waals surface area contributed by atoms with Crippen molar-refractivity contribution in [3.8, 4) is 0 Å². The van der Waals surface area contributed by atoms with Crippen LogP contribution in [0.25, 0.3) is 0 Å². The van der Waals surface area contributed by atoms with Gasteiger partial charge in [0.1, 0.15) is 0 Å². The maximum absolute atomic E-state index is 2.73. The number of piperidine rings is 1. The number of nitrogens with zero attached hydrogens (tertiary/aromatic N) is 2. The van der Waals surface area contributed by atoms with Gasteiger partial charge >= 0.3 is 0 Å². The molecule has 0 unspecified atom stereocenters. The lowest BCUT2D eigenvalue weighted by Crippen LogP contribution is -2.38. The molecular weight excluding hydrogens is 256 g/mol. The molecule has 1 saturated heterocycles. The summed E-state index contributed by atoms with van der Waals surface area (Å²) in [4.78, 5) is 5.41. The van der Waals surface area contributed by atoms with Crippen molar-refractivity contribution in [2.45, 2.75) is 72.6 Å². The van der Waals surface area contributed by atoms with E-state index in [0.29, 0.717) is 0 Å². The minimum Gasteiger partial charge on any atom is -0.302 e. The Balaban J connectivity index is 2.22. The van der Waals surface area contributed by atoms with Crippen LogP contribution in [0.4, 0.5) is 0 Å². The average molecular weight is 297 g/mol. The van der Waals surface area contributed by atoms with Crippen molar-refractivity contribution in [3.63, 3.8) is 0 Å². The van der Waals surface area contributed by atoms with Gasteiger partial charge in [0.15, 0.2) is 0 Å². The molecule has 0 N–H and O–H groups in total. The van der Waals surface area contributed by atoms with Crippen LogP contribution in [0.15, 0.2) is 0 Å². The van der Waals surface area contributed by atoms with Gasteiger partial charge in [-0.3, -0.25) is 0 Å². The maximum atomic E-state index is 2.73. The molecule has 0 bridgehead atoms. The van der Waals surface area contributed by atoms with E-state index in [9.17, 15) is 0 Å². The standard InChI is InChI=1S/C19H40N2/c1-18(2)10-6-9-14-21(15-11-19(3)4)17-16-20-12-7-5-8-13-20/h18-19H,5-17H2,1-4H3. The average Bonchev–Trinajstić information content (AvgIpc) is 2.46. The SMILES string of the molecule is CC(C)CCCCN(CCC(C)C)CCN1CCCCC1.